The summed E-state index contributed by atoms with van der Waals surface area (Å²) in [5.41, 5.74) is 8.51. The Hall–Kier alpha value is -1.97. The lowest BCUT2D eigenvalue weighted by Gasteiger charge is -2.10. The molecule has 10 heteroatoms. The van der Waals surface area contributed by atoms with Gasteiger partial charge in [-0.3, -0.25) is 8.42 Å². The Labute approximate surface area is 157 Å². The van der Waals surface area contributed by atoms with Gasteiger partial charge in [0, 0.05) is 42.2 Å². The van der Waals surface area contributed by atoms with Crippen molar-refractivity contribution in [1.82, 2.24) is 9.44 Å². The molecular formula is C16H18N4O4S2-2. The number of benzene rings is 2. The number of hydrogen-bond donors (Lipinski definition) is 3. The molecule has 4 N–H and O–H groups in total. The molecule has 2 atom stereocenters. The molecule has 0 heterocycles. The van der Waals surface area contributed by atoms with Gasteiger partial charge in [0.05, 0.1) is 11.6 Å². The van der Waals surface area contributed by atoms with Crippen LogP contribution >= 0.6 is 0 Å². The van der Waals surface area contributed by atoms with E-state index < -0.39 is 22.5 Å². The average molecular weight is 394 g/mol. The van der Waals surface area contributed by atoms with Crippen LogP contribution in [0.25, 0.3) is 0 Å². The summed E-state index contributed by atoms with van der Waals surface area (Å²) in [7, 11) is 0. The maximum absolute atomic E-state index is 10.2. The van der Waals surface area contributed by atoms with Crippen molar-refractivity contribution < 1.29 is 17.5 Å². The van der Waals surface area contributed by atoms with Gasteiger partial charge in [0.15, 0.2) is 0 Å². The van der Waals surface area contributed by atoms with Gasteiger partial charge in [-0.2, -0.15) is 5.26 Å². The minimum Gasteiger partial charge on any atom is -0.760 e. The molecule has 2 aromatic carbocycles. The molecule has 0 aliphatic heterocycles. The van der Waals surface area contributed by atoms with Gasteiger partial charge in [-0.15, -0.1) is 0 Å². The highest BCUT2D eigenvalue weighted by Crippen LogP contribution is 2.07. The zero-order valence-corrected chi connectivity index (χ0v) is 15.3. The highest BCUT2D eigenvalue weighted by atomic mass is 32.2. The van der Waals surface area contributed by atoms with Crippen LogP contribution in [0.1, 0.15) is 22.3 Å². The number of nitriles is 1. The fraction of sp³-hybridized carbons (Fsp3) is 0.188. The molecule has 2 rings (SSSR count). The second-order valence-corrected chi connectivity index (χ2v) is 6.37. The van der Waals surface area contributed by atoms with Gasteiger partial charge in [-0.1, -0.05) is 42.5 Å². The minimum absolute atomic E-state index is 0.153. The molecule has 0 bridgehead atoms. The zero-order chi connectivity index (χ0) is 19.4. The number of nitrogens with zero attached hydrogens (tertiary/aromatic N) is 1. The number of rotatable bonds is 7. The normalized spacial score (nSPS) is 12.4. The van der Waals surface area contributed by atoms with Crippen LogP contribution in [0, 0.1) is 11.3 Å². The van der Waals surface area contributed by atoms with Crippen LogP contribution in [0.2, 0.25) is 0 Å². The molecular weight excluding hydrogens is 376 g/mol. The van der Waals surface area contributed by atoms with Crippen LogP contribution in [0.5, 0.6) is 0 Å². The summed E-state index contributed by atoms with van der Waals surface area (Å²) in [6.45, 7) is 0.868. The molecule has 0 aliphatic rings. The van der Waals surface area contributed by atoms with Gasteiger partial charge in [-0.25, -0.2) is 9.44 Å². The summed E-state index contributed by atoms with van der Waals surface area (Å²) in [6.07, 6.45) is 0. The Bertz CT molecular complexity index is 796. The molecule has 0 fully saturated rings. The maximum Gasteiger partial charge on any atom is 0.0995 e. The molecule has 0 aromatic heterocycles. The third-order valence-electron chi connectivity index (χ3n) is 3.24. The summed E-state index contributed by atoms with van der Waals surface area (Å²) >= 11 is -4.50. The second-order valence-electron chi connectivity index (χ2n) is 4.85. The quantitative estimate of drug-likeness (QED) is 0.580. The molecule has 8 nitrogen and oxygen atoms in total. The Morgan fingerprint density at radius 2 is 1.35 bits per heavy atom. The van der Waals surface area contributed by atoms with Crippen LogP contribution in [0.3, 0.4) is 0 Å². The highest BCUT2D eigenvalue weighted by molar-refractivity contribution is 7.77. The highest BCUT2D eigenvalue weighted by Gasteiger charge is 1.99. The summed E-state index contributed by atoms with van der Waals surface area (Å²) in [4.78, 5) is 0. The van der Waals surface area contributed by atoms with Gasteiger partial charge in [0.2, 0.25) is 0 Å². The Balaban J connectivity index is 0.000000260. The van der Waals surface area contributed by atoms with Crippen LogP contribution in [0.4, 0.5) is 0 Å². The van der Waals surface area contributed by atoms with Crippen LogP contribution in [-0.4, -0.2) is 17.5 Å². The van der Waals surface area contributed by atoms with Gasteiger partial charge in [0.25, 0.3) is 0 Å². The van der Waals surface area contributed by atoms with Crippen molar-refractivity contribution in [1.29, 1.82) is 5.26 Å². The van der Waals surface area contributed by atoms with E-state index in [0.717, 1.165) is 11.1 Å². The van der Waals surface area contributed by atoms with Crippen molar-refractivity contribution in [2.45, 2.75) is 19.6 Å². The van der Waals surface area contributed by atoms with Crippen molar-refractivity contribution in [3.63, 3.8) is 0 Å². The van der Waals surface area contributed by atoms with E-state index in [1.165, 1.54) is 0 Å². The third kappa shape index (κ3) is 8.41. The SMILES string of the molecule is N#Cc1ccccc1CNS(=O)[O-].NCc1ccccc1CNS(=O)[O-]. The smallest absolute Gasteiger partial charge is 0.0995 e. The van der Waals surface area contributed by atoms with E-state index >= 15 is 0 Å². The van der Waals surface area contributed by atoms with E-state index in [1.54, 1.807) is 24.3 Å². The predicted molar refractivity (Wildman–Crippen MR) is 97.0 cm³/mol. The Morgan fingerprint density at radius 1 is 0.885 bits per heavy atom. The summed E-state index contributed by atoms with van der Waals surface area (Å²) in [6, 6.07) is 16.3. The van der Waals surface area contributed by atoms with E-state index in [9.17, 15) is 17.5 Å². The molecule has 2 unspecified atom stereocenters. The topological polar surface area (TPSA) is 154 Å². The van der Waals surface area contributed by atoms with Crippen LogP contribution in [0.15, 0.2) is 48.5 Å². The average Bonchev–Trinajstić information content (AvgIpc) is 2.65. The second kappa shape index (κ2) is 12.4. The van der Waals surface area contributed by atoms with Crippen LogP contribution in [-0.2, 0) is 42.2 Å². The monoisotopic (exact) mass is 394 g/mol. The number of nitrogens with one attached hydrogen (secondary N) is 2. The Kier molecular flexibility index (Phi) is 10.5. The third-order valence-corrected chi connectivity index (χ3v) is 4.00. The first kappa shape index (κ1) is 22.1. The standard InChI is InChI=1S/C8H12N2O2S.C8H8N2O2S/c2*9-5-7-3-1-2-4-8(7)6-10-13(11)12/h1-4,10H,5-6,9H2,(H,11,12);1-4,10H,6H2,(H,11,12)/p-2. The summed E-state index contributed by atoms with van der Waals surface area (Å²) < 4.78 is 45.3. The largest absolute Gasteiger partial charge is 0.760 e. The molecule has 26 heavy (non-hydrogen) atoms. The number of hydrogen-bond acceptors (Lipinski definition) is 6. The minimum atomic E-state index is -2.29. The van der Waals surface area contributed by atoms with E-state index in [0.29, 0.717) is 24.2 Å². The molecule has 0 aliphatic carbocycles. The lowest BCUT2D eigenvalue weighted by Crippen LogP contribution is -2.17. The fourth-order valence-electron chi connectivity index (χ4n) is 1.99. The first-order valence-electron chi connectivity index (χ1n) is 7.38. The van der Waals surface area contributed by atoms with E-state index in [-0.39, 0.29) is 6.54 Å². The first-order chi connectivity index (χ1) is 12.5. The molecule has 140 valence electrons. The summed E-state index contributed by atoms with van der Waals surface area (Å²) in [5, 5.41) is 8.65. The van der Waals surface area contributed by atoms with Gasteiger partial charge < -0.3 is 14.8 Å². The first-order valence-corrected chi connectivity index (χ1v) is 9.53. The zero-order valence-electron chi connectivity index (χ0n) is 13.7. The predicted octanol–water partition coefficient (Wildman–Crippen LogP) is 0.471. The van der Waals surface area contributed by atoms with Gasteiger partial charge >= 0.3 is 0 Å². The lowest BCUT2D eigenvalue weighted by atomic mass is 10.1. The fourth-order valence-corrected chi connectivity index (χ4v) is 2.53. The molecule has 0 radical (unpaired) electrons. The van der Waals surface area contributed by atoms with Crippen LogP contribution < -0.4 is 15.2 Å². The van der Waals surface area contributed by atoms with E-state index in [1.807, 2.05) is 30.3 Å². The molecule has 0 saturated carbocycles. The summed E-state index contributed by atoms with van der Waals surface area (Å²) in [5.74, 6) is 0. The molecule has 0 spiro atoms. The van der Waals surface area contributed by atoms with Crippen molar-refractivity contribution in [2.75, 3.05) is 0 Å². The van der Waals surface area contributed by atoms with Crippen molar-refractivity contribution in [2.24, 2.45) is 5.73 Å². The van der Waals surface area contributed by atoms with Crippen molar-refractivity contribution in [3.8, 4) is 6.07 Å². The lowest BCUT2D eigenvalue weighted by molar-refractivity contribution is 0.521. The maximum atomic E-state index is 10.2. The van der Waals surface area contributed by atoms with E-state index in [4.69, 9.17) is 11.0 Å². The van der Waals surface area contributed by atoms with Gasteiger partial charge in [0.1, 0.15) is 0 Å². The van der Waals surface area contributed by atoms with E-state index in [2.05, 4.69) is 9.44 Å². The molecule has 0 saturated heterocycles. The molecule has 2 aromatic rings. The Morgan fingerprint density at radius 3 is 1.85 bits per heavy atom. The number of nitrogens with two attached hydrogens (primary N) is 1. The van der Waals surface area contributed by atoms with Crippen molar-refractivity contribution >= 4 is 22.5 Å². The molecule has 0 amide bonds. The van der Waals surface area contributed by atoms with Crippen molar-refractivity contribution in [3.05, 3.63) is 70.8 Å². The van der Waals surface area contributed by atoms with Gasteiger partial charge in [-0.05, 0) is 22.8 Å².